The molecule has 0 saturated heterocycles. The number of furan rings is 1. The van der Waals surface area contributed by atoms with E-state index in [1.165, 1.54) is 0 Å². The van der Waals surface area contributed by atoms with Gasteiger partial charge in [0.15, 0.2) is 0 Å². The molecule has 4 nitrogen and oxygen atoms in total. The zero-order valence-corrected chi connectivity index (χ0v) is 12.3. The summed E-state index contributed by atoms with van der Waals surface area (Å²) in [5, 5.41) is 9.41. The standard InChI is InChI=1S/C16H22N2O2/c1-4-18(10-14-6-5-7-20-14)16-9-13(11-19)8-15(17-16)12(2)3/h5-9,12,19H,4,10-11H2,1-3H3. The molecule has 0 atom stereocenters. The second kappa shape index (κ2) is 6.57. The quantitative estimate of drug-likeness (QED) is 0.878. The van der Waals surface area contributed by atoms with Crippen molar-refractivity contribution in [3.63, 3.8) is 0 Å². The van der Waals surface area contributed by atoms with Crippen LogP contribution in [0.4, 0.5) is 5.82 Å². The van der Waals surface area contributed by atoms with Crippen molar-refractivity contribution in [2.75, 3.05) is 11.4 Å². The summed E-state index contributed by atoms with van der Waals surface area (Å²) in [6.07, 6.45) is 1.68. The lowest BCUT2D eigenvalue weighted by Gasteiger charge is -2.22. The Morgan fingerprint density at radius 3 is 2.70 bits per heavy atom. The lowest BCUT2D eigenvalue weighted by molar-refractivity contribution is 0.281. The van der Waals surface area contributed by atoms with Gasteiger partial charge in [-0.1, -0.05) is 13.8 Å². The molecule has 4 heteroatoms. The highest BCUT2D eigenvalue weighted by Crippen LogP contribution is 2.22. The highest BCUT2D eigenvalue weighted by atomic mass is 16.3. The summed E-state index contributed by atoms with van der Waals surface area (Å²) in [4.78, 5) is 6.85. The molecule has 2 aromatic heterocycles. The van der Waals surface area contributed by atoms with Crippen LogP contribution >= 0.6 is 0 Å². The SMILES string of the molecule is CCN(Cc1ccco1)c1cc(CO)cc(C(C)C)n1. The Hall–Kier alpha value is -1.81. The third-order valence-electron chi connectivity index (χ3n) is 3.30. The van der Waals surface area contributed by atoms with E-state index >= 15 is 0 Å². The first-order valence-electron chi connectivity index (χ1n) is 7.03. The molecule has 2 aromatic rings. The van der Waals surface area contributed by atoms with E-state index in [4.69, 9.17) is 9.40 Å². The van der Waals surface area contributed by atoms with Crippen LogP contribution < -0.4 is 4.90 Å². The van der Waals surface area contributed by atoms with Crippen molar-refractivity contribution < 1.29 is 9.52 Å². The van der Waals surface area contributed by atoms with Gasteiger partial charge in [0.05, 0.1) is 19.4 Å². The van der Waals surface area contributed by atoms with Gasteiger partial charge >= 0.3 is 0 Å². The van der Waals surface area contributed by atoms with Crippen LogP contribution in [0.2, 0.25) is 0 Å². The van der Waals surface area contributed by atoms with E-state index in [9.17, 15) is 5.11 Å². The number of rotatable bonds is 6. The van der Waals surface area contributed by atoms with Gasteiger partial charge in [-0.2, -0.15) is 0 Å². The fourth-order valence-corrected chi connectivity index (χ4v) is 2.09. The van der Waals surface area contributed by atoms with Crippen LogP contribution in [0, 0.1) is 0 Å². The van der Waals surface area contributed by atoms with Gasteiger partial charge in [0.25, 0.3) is 0 Å². The highest BCUT2D eigenvalue weighted by Gasteiger charge is 2.12. The van der Waals surface area contributed by atoms with Crippen LogP contribution in [0.25, 0.3) is 0 Å². The molecule has 0 saturated carbocycles. The second-order valence-electron chi connectivity index (χ2n) is 5.16. The molecule has 0 aliphatic rings. The van der Waals surface area contributed by atoms with Crippen molar-refractivity contribution >= 4 is 5.82 Å². The van der Waals surface area contributed by atoms with E-state index in [2.05, 4.69) is 25.7 Å². The van der Waals surface area contributed by atoms with Crippen LogP contribution in [0.1, 0.15) is 43.7 Å². The third-order valence-corrected chi connectivity index (χ3v) is 3.30. The Labute approximate surface area is 120 Å². The third kappa shape index (κ3) is 3.39. The molecule has 0 bridgehead atoms. The Morgan fingerprint density at radius 2 is 2.15 bits per heavy atom. The van der Waals surface area contributed by atoms with Gasteiger partial charge in [0.2, 0.25) is 0 Å². The fraction of sp³-hybridized carbons (Fsp3) is 0.438. The van der Waals surface area contributed by atoms with E-state index in [-0.39, 0.29) is 6.61 Å². The average Bonchev–Trinajstić information content (AvgIpc) is 2.97. The maximum absolute atomic E-state index is 9.41. The summed E-state index contributed by atoms with van der Waals surface area (Å²) >= 11 is 0. The number of hydrogen-bond acceptors (Lipinski definition) is 4. The van der Waals surface area contributed by atoms with Gasteiger partial charge in [-0.05, 0) is 42.7 Å². The minimum Gasteiger partial charge on any atom is -0.467 e. The molecule has 0 unspecified atom stereocenters. The zero-order valence-electron chi connectivity index (χ0n) is 12.3. The van der Waals surface area contributed by atoms with Crippen LogP contribution in [-0.2, 0) is 13.2 Å². The van der Waals surface area contributed by atoms with Gasteiger partial charge < -0.3 is 14.4 Å². The highest BCUT2D eigenvalue weighted by molar-refractivity contribution is 5.43. The number of pyridine rings is 1. The van der Waals surface area contributed by atoms with Gasteiger partial charge in [-0.25, -0.2) is 4.98 Å². The van der Waals surface area contributed by atoms with Crippen molar-refractivity contribution in [1.29, 1.82) is 0 Å². The Morgan fingerprint density at radius 1 is 1.35 bits per heavy atom. The molecule has 108 valence electrons. The fourth-order valence-electron chi connectivity index (χ4n) is 2.09. The predicted molar refractivity (Wildman–Crippen MR) is 79.7 cm³/mol. The zero-order chi connectivity index (χ0) is 14.5. The van der Waals surface area contributed by atoms with Crippen LogP contribution in [0.5, 0.6) is 0 Å². The molecule has 0 fully saturated rings. The molecule has 0 aliphatic carbocycles. The smallest absolute Gasteiger partial charge is 0.129 e. The molecular weight excluding hydrogens is 252 g/mol. The topological polar surface area (TPSA) is 49.5 Å². The molecule has 0 aliphatic heterocycles. The predicted octanol–water partition coefficient (Wildman–Crippen LogP) is 3.32. The molecular formula is C16H22N2O2. The summed E-state index contributed by atoms with van der Waals surface area (Å²) < 4.78 is 5.40. The number of aliphatic hydroxyl groups excluding tert-OH is 1. The number of aliphatic hydroxyl groups is 1. The van der Waals surface area contributed by atoms with Gasteiger partial charge in [0.1, 0.15) is 11.6 Å². The molecule has 2 heterocycles. The first-order chi connectivity index (χ1) is 9.63. The molecule has 0 radical (unpaired) electrons. The Balaban J connectivity index is 2.30. The van der Waals surface area contributed by atoms with Crippen molar-refractivity contribution in [2.45, 2.75) is 39.8 Å². The minimum absolute atomic E-state index is 0.0353. The molecule has 2 rings (SSSR count). The van der Waals surface area contributed by atoms with Crippen LogP contribution in [0.3, 0.4) is 0 Å². The number of aromatic nitrogens is 1. The van der Waals surface area contributed by atoms with E-state index in [1.807, 2.05) is 24.3 Å². The molecule has 20 heavy (non-hydrogen) atoms. The first kappa shape index (κ1) is 14.6. The second-order valence-corrected chi connectivity index (χ2v) is 5.16. The average molecular weight is 274 g/mol. The Bertz CT molecular complexity index is 535. The van der Waals surface area contributed by atoms with E-state index in [1.54, 1.807) is 6.26 Å². The van der Waals surface area contributed by atoms with E-state index in [0.717, 1.165) is 29.4 Å². The minimum atomic E-state index is 0.0353. The number of nitrogens with zero attached hydrogens (tertiary/aromatic N) is 2. The van der Waals surface area contributed by atoms with E-state index in [0.29, 0.717) is 12.5 Å². The molecule has 0 aromatic carbocycles. The lowest BCUT2D eigenvalue weighted by atomic mass is 10.1. The summed E-state index contributed by atoms with van der Waals surface area (Å²) in [5.41, 5.74) is 1.90. The maximum atomic E-state index is 9.41. The van der Waals surface area contributed by atoms with Crippen molar-refractivity contribution in [3.8, 4) is 0 Å². The lowest BCUT2D eigenvalue weighted by Crippen LogP contribution is -2.23. The number of hydrogen-bond donors (Lipinski definition) is 1. The van der Waals surface area contributed by atoms with Crippen molar-refractivity contribution in [2.24, 2.45) is 0 Å². The molecule has 0 amide bonds. The van der Waals surface area contributed by atoms with Crippen molar-refractivity contribution in [1.82, 2.24) is 4.98 Å². The summed E-state index contributed by atoms with van der Waals surface area (Å²) in [6, 6.07) is 7.76. The normalized spacial score (nSPS) is 11.1. The maximum Gasteiger partial charge on any atom is 0.129 e. The number of anilines is 1. The summed E-state index contributed by atoms with van der Waals surface area (Å²) in [7, 11) is 0. The Kier molecular flexibility index (Phi) is 4.79. The first-order valence-corrected chi connectivity index (χ1v) is 7.03. The largest absolute Gasteiger partial charge is 0.467 e. The van der Waals surface area contributed by atoms with Crippen LogP contribution in [-0.4, -0.2) is 16.6 Å². The van der Waals surface area contributed by atoms with Gasteiger partial charge in [-0.3, -0.25) is 0 Å². The van der Waals surface area contributed by atoms with E-state index < -0.39 is 0 Å². The van der Waals surface area contributed by atoms with Crippen LogP contribution in [0.15, 0.2) is 34.9 Å². The molecule has 1 N–H and O–H groups in total. The summed E-state index contributed by atoms with van der Waals surface area (Å²) in [5.74, 6) is 2.14. The monoisotopic (exact) mass is 274 g/mol. The van der Waals surface area contributed by atoms with Gasteiger partial charge in [0, 0.05) is 12.2 Å². The summed E-state index contributed by atoms with van der Waals surface area (Å²) in [6.45, 7) is 7.86. The van der Waals surface area contributed by atoms with Gasteiger partial charge in [-0.15, -0.1) is 0 Å². The van der Waals surface area contributed by atoms with Crippen molar-refractivity contribution in [3.05, 3.63) is 47.5 Å². The molecule has 0 spiro atoms.